The van der Waals surface area contributed by atoms with Crippen molar-refractivity contribution in [3.05, 3.63) is 59.7 Å². The van der Waals surface area contributed by atoms with Gasteiger partial charge in [0.2, 0.25) is 0 Å². The Kier molecular flexibility index (Phi) is 6.40. The van der Waals surface area contributed by atoms with Gasteiger partial charge in [-0.05, 0) is 50.6 Å². The Morgan fingerprint density at radius 1 is 0.903 bits per heavy atom. The third-order valence-corrected chi connectivity index (χ3v) is 7.76. The number of carbonyl (C=O) groups is 2. The molecule has 166 valence electrons. The van der Waals surface area contributed by atoms with Gasteiger partial charge in [-0.25, -0.2) is 8.42 Å². The second kappa shape index (κ2) is 8.70. The molecule has 0 spiro atoms. The number of methoxy groups -OCH3 is 1. The molecule has 0 saturated heterocycles. The SMILES string of the molecule is CCOC(=O)C1(C(=O)OCC)[C@H](c2ccc(OC)cc2)[C@@H]1S(=O)(=O)c1ccc(C)cc1. The Morgan fingerprint density at radius 3 is 1.87 bits per heavy atom. The van der Waals surface area contributed by atoms with E-state index < -0.39 is 38.4 Å². The number of benzene rings is 2. The maximum atomic E-state index is 13.6. The molecule has 3 rings (SSSR count). The Bertz CT molecular complexity index is 1040. The first-order chi connectivity index (χ1) is 14.7. The molecule has 2 atom stereocenters. The third-order valence-electron chi connectivity index (χ3n) is 5.52. The average Bonchev–Trinajstić information content (AvgIpc) is 3.47. The summed E-state index contributed by atoms with van der Waals surface area (Å²) in [7, 11) is -2.55. The van der Waals surface area contributed by atoms with Crippen LogP contribution in [0.5, 0.6) is 5.75 Å². The van der Waals surface area contributed by atoms with Crippen molar-refractivity contribution in [2.45, 2.75) is 36.8 Å². The van der Waals surface area contributed by atoms with Crippen LogP contribution in [0.25, 0.3) is 0 Å². The van der Waals surface area contributed by atoms with E-state index in [9.17, 15) is 18.0 Å². The molecule has 8 heteroatoms. The molecule has 1 saturated carbocycles. The van der Waals surface area contributed by atoms with Crippen LogP contribution < -0.4 is 4.74 Å². The number of esters is 2. The molecular weight excluding hydrogens is 420 g/mol. The molecule has 1 aliphatic carbocycles. The van der Waals surface area contributed by atoms with Crippen molar-refractivity contribution in [2.75, 3.05) is 20.3 Å². The number of rotatable bonds is 8. The Balaban J connectivity index is 2.18. The predicted molar refractivity (Wildman–Crippen MR) is 114 cm³/mol. The van der Waals surface area contributed by atoms with Gasteiger partial charge in [-0.1, -0.05) is 29.8 Å². The molecule has 1 aliphatic rings. The van der Waals surface area contributed by atoms with Gasteiger partial charge in [0.05, 0.1) is 25.2 Å². The zero-order chi connectivity index (χ0) is 22.8. The van der Waals surface area contributed by atoms with Gasteiger partial charge in [-0.2, -0.15) is 0 Å². The monoisotopic (exact) mass is 446 g/mol. The van der Waals surface area contributed by atoms with E-state index >= 15 is 0 Å². The zero-order valence-electron chi connectivity index (χ0n) is 18.0. The highest BCUT2D eigenvalue weighted by Crippen LogP contribution is 2.65. The molecule has 0 radical (unpaired) electrons. The number of sulfone groups is 1. The Hall–Kier alpha value is -2.87. The van der Waals surface area contributed by atoms with Gasteiger partial charge in [-0.15, -0.1) is 0 Å². The molecular formula is C23H26O7S. The van der Waals surface area contributed by atoms with E-state index in [2.05, 4.69) is 0 Å². The molecule has 1 fully saturated rings. The summed E-state index contributed by atoms with van der Waals surface area (Å²) in [6.07, 6.45) is 0. The highest BCUT2D eigenvalue weighted by atomic mass is 32.2. The van der Waals surface area contributed by atoms with Gasteiger partial charge in [0.25, 0.3) is 0 Å². The van der Waals surface area contributed by atoms with Gasteiger partial charge in [0.15, 0.2) is 15.3 Å². The Labute approximate surface area is 182 Å². The first-order valence-corrected chi connectivity index (χ1v) is 11.6. The fourth-order valence-electron chi connectivity index (χ4n) is 3.97. The summed E-state index contributed by atoms with van der Waals surface area (Å²) in [6, 6.07) is 12.9. The standard InChI is InChI=1S/C23H26O7S/c1-5-29-21(24)23(22(25)30-6-2)19(16-9-11-17(28-4)12-10-16)20(23)31(26,27)18-13-7-15(3)8-14-18/h7-14,19-20H,5-6H2,1-4H3/t19-,20+/m1/s1. The number of aryl methyl sites for hydroxylation is 1. The van der Waals surface area contributed by atoms with Gasteiger partial charge in [0, 0.05) is 5.92 Å². The van der Waals surface area contributed by atoms with Crippen molar-refractivity contribution in [3.63, 3.8) is 0 Å². The van der Waals surface area contributed by atoms with Crippen molar-refractivity contribution in [1.29, 1.82) is 0 Å². The zero-order valence-corrected chi connectivity index (χ0v) is 18.8. The summed E-state index contributed by atoms with van der Waals surface area (Å²) in [5.41, 5.74) is -0.560. The van der Waals surface area contributed by atoms with Crippen molar-refractivity contribution in [2.24, 2.45) is 5.41 Å². The highest BCUT2D eigenvalue weighted by Gasteiger charge is 2.81. The Morgan fingerprint density at radius 2 is 1.42 bits per heavy atom. The summed E-state index contributed by atoms with van der Waals surface area (Å²) in [5, 5.41) is -1.34. The van der Waals surface area contributed by atoms with Crippen LogP contribution in [0.3, 0.4) is 0 Å². The van der Waals surface area contributed by atoms with Crippen LogP contribution in [-0.4, -0.2) is 45.9 Å². The summed E-state index contributed by atoms with van der Waals surface area (Å²) >= 11 is 0. The number of ether oxygens (including phenoxy) is 3. The van der Waals surface area contributed by atoms with E-state index in [1.165, 1.54) is 19.2 Å². The fraction of sp³-hybridized carbons (Fsp3) is 0.391. The summed E-state index contributed by atoms with van der Waals surface area (Å²) in [5.74, 6) is -2.16. The van der Waals surface area contributed by atoms with Crippen LogP contribution in [-0.2, 0) is 28.9 Å². The van der Waals surface area contributed by atoms with Crippen LogP contribution in [0.15, 0.2) is 53.4 Å². The van der Waals surface area contributed by atoms with E-state index in [4.69, 9.17) is 14.2 Å². The molecule has 7 nitrogen and oxygen atoms in total. The summed E-state index contributed by atoms with van der Waals surface area (Å²) in [4.78, 5) is 26.2. The predicted octanol–water partition coefficient (Wildman–Crippen LogP) is 3.06. The fourth-order valence-corrected chi connectivity index (χ4v) is 6.26. The second-order valence-electron chi connectivity index (χ2n) is 7.34. The topological polar surface area (TPSA) is 96.0 Å². The number of carbonyl (C=O) groups excluding carboxylic acids is 2. The van der Waals surface area contributed by atoms with Crippen molar-refractivity contribution < 1.29 is 32.2 Å². The van der Waals surface area contributed by atoms with E-state index in [1.807, 2.05) is 6.92 Å². The summed E-state index contributed by atoms with van der Waals surface area (Å²) in [6.45, 7) is 5.06. The second-order valence-corrected chi connectivity index (χ2v) is 9.41. The third kappa shape index (κ3) is 3.80. The lowest BCUT2D eigenvalue weighted by Crippen LogP contribution is -2.35. The minimum absolute atomic E-state index is 0.00657. The normalized spacial score (nSPS) is 19.4. The molecule has 0 amide bonds. The quantitative estimate of drug-likeness (QED) is 0.454. The van der Waals surface area contributed by atoms with Crippen LogP contribution in [0.2, 0.25) is 0 Å². The molecule has 0 bridgehead atoms. The molecule has 0 aliphatic heterocycles. The highest BCUT2D eigenvalue weighted by molar-refractivity contribution is 7.92. The lowest BCUT2D eigenvalue weighted by molar-refractivity contribution is -0.164. The smallest absolute Gasteiger partial charge is 0.325 e. The molecule has 0 N–H and O–H groups in total. The van der Waals surface area contributed by atoms with Gasteiger partial charge in [-0.3, -0.25) is 9.59 Å². The van der Waals surface area contributed by atoms with Crippen molar-refractivity contribution in [1.82, 2.24) is 0 Å². The number of hydrogen-bond acceptors (Lipinski definition) is 7. The molecule has 0 heterocycles. The maximum absolute atomic E-state index is 13.6. The molecule has 0 unspecified atom stereocenters. The minimum Gasteiger partial charge on any atom is -0.497 e. The molecule has 31 heavy (non-hydrogen) atoms. The minimum atomic E-state index is -4.06. The first kappa shape index (κ1) is 22.8. The largest absolute Gasteiger partial charge is 0.497 e. The molecule has 0 aromatic heterocycles. The lowest BCUT2D eigenvalue weighted by Gasteiger charge is -2.15. The number of hydrogen-bond donors (Lipinski definition) is 0. The van der Waals surface area contributed by atoms with Crippen LogP contribution >= 0.6 is 0 Å². The van der Waals surface area contributed by atoms with Crippen LogP contribution in [0.4, 0.5) is 0 Å². The average molecular weight is 447 g/mol. The van der Waals surface area contributed by atoms with E-state index in [0.717, 1.165) is 5.56 Å². The van der Waals surface area contributed by atoms with Gasteiger partial charge >= 0.3 is 11.9 Å². The van der Waals surface area contributed by atoms with Crippen LogP contribution in [0, 0.1) is 12.3 Å². The van der Waals surface area contributed by atoms with E-state index in [-0.39, 0.29) is 18.1 Å². The first-order valence-electron chi connectivity index (χ1n) is 10.0. The van der Waals surface area contributed by atoms with E-state index in [1.54, 1.807) is 50.2 Å². The molecule has 2 aromatic carbocycles. The van der Waals surface area contributed by atoms with E-state index in [0.29, 0.717) is 11.3 Å². The maximum Gasteiger partial charge on any atom is 0.325 e. The lowest BCUT2D eigenvalue weighted by atomic mass is 9.99. The summed E-state index contributed by atoms with van der Waals surface area (Å²) < 4.78 is 42.7. The van der Waals surface area contributed by atoms with Gasteiger partial charge in [0.1, 0.15) is 11.0 Å². The molecule has 2 aromatic rings. The van der Waals surface area contributed by atoms with Gasteiger partial charge < -0.3 is 14.2 Å². The van der Waals surface area contributed by atoms with Crippen molar-refractivity contribution in [3.8, 4) is 5.75 Å². The van der Waals surface area contributed by atoms with Crippen molar-refractivity contribution >= 4 is 21.8 Å². The van der Waals surface area contributed by atoms with Crippen LogP contribution in [0.1, 0.15) is 30.9 Å².